The molecule has 0 bridgehead atoms. The molecule has 4 aromatic rings. The van der Waals surface area contributed by atoms with Crippen LogP contribution in [0.25, 0.3) is 0 Å². The second-order valence-electron chi connectivity index (χ2n) is 8.92. The third kappa shape index (κ3) is 5.42. The summed E-state index contributed by atoms with van der Waals surface area (Å²) in [4.78, 5) is 38.4. The summed E-state index contributed by atoms with van der Waals surface area (Å²) in [5, 5.41) is 2.68. The molecule has 10 heteroatoms. The maximum absolute atomic E-state index is 17.1. The minimum absolute atomic E-state index is 0.0469. The third-order valence-corrected chi connectivity index (χ3v) is 6.02. The van der Waals surface area contributed by atoms with Crippen LogP contribution in [0.5, 0.6) is 0 Å². The van der Waals surface area contributed by atoms with Gasteiger partial charge in [-0.15, -0.1) is 0 Å². The van der Waals surface area contributed by atoms with E-state index < -0.39 is 46.4 Å². The fourth-order valence-electron chi connectivity index (χ4n) is 4.17. The van der Waals surface area contributed by atoms with Gasteiger partial charge in [0.2, 0.25) is 0 Å². The Kier molecular flexibility index (Phi) is 7.19. The first kappa shape index (κ1) is 25.7. The van der Waals surface area contributed by atoms with Crippen molar-refractivity contribution in [2.75, 3.05) is 0 Å². The zero-order chi connectivity index (χ0) is 26.7. The first-order valence-electron chi connectivity index (χ1n) is 11.5. The van der Waals surface area contributed by atoms with Gasteiger partial charge in [-0.3, -0.25) is 19.1 Å². The molecule has 0 radical (unpaired) electrons. The molecule has 2 heterocycles. The smallest absolute Gasteiger partial charge is 0.328 e. The van der Waals surface area contributed by atoms with Gasteiger partial charge in [-0.05, 0) is 53.4 Å². The maximum Gasteiger partial charge on any atom is 0.328 e. The van der Waals surface area contributed by atoms with Crippen LogP contribution >= 0.6 is 0 Å². The Labute approximate surface area is 209 Å². The number of hydrogen-bond donors (Lipinski definition) is 2. The zero-order valence-corrected chi connectivity index (χ0v) is 20.0. The second-order valence-corrected chi connectivity index (χ2v) is 8.92. The second kappa shape index (κ2) is 10.3. The van der Waals surface area contributed by atoms with E-state index in [1.165, 1.54) is 53.2 Å². The Balaban J connectivity index is 1.66. The van der Waals surface area contributed by atoms with Crippen LogP contribution in [-0.2, 0) is 12.2 Å². The highest BCUT2D eigenvalue weighted by molar-refractivity contribution is 5.91. The Bertz CT molecular complexity index is 1460. The summed E-state index contributed by atoms with van der Waals surface area (Å²) in [5.41, 5.74) is -3.37. The fraction of sp³-hybridized carbons (Fsp3) is 0.222. The van der Waals surface area contributed by atoms with Crippen LogP contribution in [0, 0.1) is 17.6 Å². The van der Waals surface area contributed by atoms with Crippen LogP contribution in [0.4, 0.5) is 13.2 Å². The summed E-state index contributed by atoms with van der Waals surface area (Å²) in [6, 6.07) is 12.5. The van der Waals surface area contributed by atoms with Crippen molar-refractivity contribution in [1.82, 2.24) is 14.9 Å². The van der Waals surface area contributed by atoms with Crippen LogP contribution in [0.1, 0.15) is 41.3 Å². The lowest BCUT2D eigenvalue weighted by Gasteiger charge is -2.37. The third-order valence-electron chi connectivity index (χ3n) is 6.02. The number of hydrogen-bond acceptors (Lipinski definition) is 4. The van der Waals surface area contributed by atoms with E-state index in [1.807, 2.05) is 0 Å². The average molecular weight is 512 g/mol. The van der Waals surface area contributed by atoms with Crippen molar-refractivity contribution < 1.29 is 22.4 Å². The van der Waals surface area contributed by atoms with Gasteiger partial charge in [0.05, 0.1) is 12.6 Å². The molecule has 0 aliphatic rings. The molecular weight excluding hydrogens is 487 g/mol. The fourth-order valence-corrected chi connectivity index (χ4v) is 4.17. The SMILES string of the molecule is CC(C)[C@@H](NC(=O)c1ccc(Cn2ccc(=O)[nH]c2=O)o1)C(F)(c1ccc(F)cc1)c1ccc(F)cc1. The largest absolute Gasteiger partial charge is 0.454 e. The monoisotopic (exact) mass is 511 g/mol. The molecule has 1 atom stereocenters. The van der Waals surface area contributed by atoms with Crippen molar-refractivity contribution in [1.29, 1.82) is 0 Å². The minimum atomic E-state index is -2.34. The van der Waals surface area contributed by atoms with E-state index in [-0.39, 0.29) is 29.2 Å². The molecule has 2 aromatic carbocycles. The number of benzene rings is 2. The van der Waals surface area contributed by atoms with Gasteiger partial charge < -0.3 is 9.73 Å². The number of aromatic amines is 1. The van der Waals surface area contributed by atoms with Crippen molar-refractivity contribution in [3.63, 3.8) is 0 Å². The highest BCUT2D eigenvalue weighted by Gasteiger charge is 2.45. The number of amides is 1. The van der Waals surface area contributed by atoms with Crippen LogP contribution in [0.15, 0.2) is 86.9 Å². The number of halogens is 3. The molecule has 0 saturated carbocycles. The topological polar surface area (TPSA) is 97.1 Å². The summed E-state index contributed by atoms with van der Waals surface area (Å²) < 4.78 is 51.2. The first-order valence-corrected chi connectivity index (χ1v) is 11.5. The van der Waals surface area contributed by atoms with Gasteiger partial charge in [0.25, 0.3) is 11.5 Å². The predicted octanol–water partition coefficient (Wildman–Crippen LogP) is 4.12. The quantitative estimate of drug-likeness (QED) is 0.372. The van der Waals surface area contributed by atoms with Gasteiger partial charge in [0.1, 0.15) is 17.4 Å². The average Bonchev–Trinajstić information content (AvgIpc) is 3.33. The lowest BCUT2D eigenvalue weighted by Crippen LogP contribution is -2.52. The molecule has 0 saturated heterocycles. The Hall–Kier alpha value is -4.34. The molecule has 2 aromatic heterocycles. The number of rotatable bonds is 8. The number of carbonyl (C=O) groups excluding carboxylic acids is 1. The van der Waals surface area contributed by atoms with Crippen LogP contribution < -0.4 is 16.6 Å². The molecule has 0 unspecified atom stereocenters. The number of alkyl halides is 1. The van der Waals surface area contributed by atoms with Crippen molar-refractivity contribution in [2.45, 2.75) is 32.1 Å². The van der Waals surface area contributed by atoms with E-state index in [0.717, 1.165) is 24.3 Å². The molecule has 0 aliphatic heterocycles. The van der Waals surface area contributed by atoms with Gasteiger partial charge >= 0.3 is 5.69 Å². The number of aromatic nitrogens is 2. The number of furan rings is 1. The van der Waals surface area contributed by atoms with E-state index in [1.54, 1.807) is 13.8 Å². The first-order chi connectivity index (χ1) is 17.6. The van der Waals surface area contributed by atoms with E-state index in [2.05, 4.69) is 10.3 Å². The molecule has 192 valence electrons. The lowest BCUT2D eigenvalue weighted by molar-refractivity contribution is 0.0755. The number of nitrogens with zero attached hydrogens (tertiary/aromatic N) is 1. The normalized spacial score (nSPS) is 12.5. The van der Waals surface area contributed by atoms with E-state index in [0.29, 0.717) is 0 Å². The molecule has 0 aliphatic carbocycles. The predicted molar refractivity (Wildman–Crippen MR) is 130 cm³/mol. The Morgan fingerprint density at radius 2 is 1.51 bits per heavy atom. The maximum atomic E-state index is 17.1. The Morgan fingerprint density at radius 3 is 2.03 bits per heavy atom. The van der Waals surface area contributed by atoms with Gasteiger partial charge in [0.15, 0.2) is 11.4 Å². The summed E-state index contributed by atoms with van der Waals surface area (Å²) in [7, 11) is 0. The van der Waals surface area contributed by atoms with Crippen molar-refractivity contribution in [2.24, 2.45) is 5.92 Å². The molecule has 1 amide bonds. The number of H-pyrrole nitrogens is 1. The molecular formula is C27H24F3N3O4. The summed E-state index contributed by atoms with van der Waals surface area (Å²) in [6.45, 7) is 3.37. The summed E-state index contributed by atoms with van der Waals surface area (Å²) in [6.07, 6.45) is 1.29. The van der Waals surface area contributed by atoms with E-state index >= 15 is 4.39 Å². The number of nitrogens with one attached hydrogen (secondary N) is 2. The van der Waals surface area contributed by atoms with Crippen molar-refractivity contribution >= 4 is 5.91 Å². The highest BCUT2D eigenvalue weighted by atomic mass is 19.1. The lowest BCUT2D eigenvalue weighted by atomic mass is 9.77. The van der Waals surface area contributed by atoms with E-state index in [4.69, 9.17) is 4.42 Å². The van der Waals surface area contributed by atoms with Crippen molar-refractivity contribution in [3.8, 4) is 0 Å². The van der Waals surface area contributed by atoms with Crippen LogP contribution in [-0.4, -0.2) is 21.5 Å². The number of carbonyl (C=O) groups is 1. The highest BCUT2D eigenvalue weighted by Crippen LogP contribution is 2.40. The van der Waals surface area contributed by atoms with E-state index in [9.17, 15) is 23.2 Å². The Morgan fingerprint density at radius 1 is 0.946 bits per heavy atom. The van der Waals surface area contributed by atoms with Crippen molar-refractivity contribution in [3.05, 3.63) is 128 Å². The molecule has 0 fully saturated rings. The van der Waals surface area contributed by atoms with Gasteiger partial charge in [-0.25, -0.2) is 18.0 Å². The summed E-state index contributed by atoms with van der Waals surface area (Å²) in [5.74, 6) is -2.16. The standard InChI is InChI=1S/C27H24F3N3O4/c1-16(2)24(27(30,17-3-7-19(28)8-4-17)18-5-9-20(29)10-6-18)32-25(35)22-12-11-21(37-22)15-33-14-13-23(34)31-26(33)36/h3-14,16,24H,15H2,1-2H3,(H,32,35)(H,31,34,36)/t24-/m1/s1. The minimum Gasteiger partial charge on any atom is -0.454 e. The molecule has 2 N–H and O–H groups in total. The zero-order valence-electron chi connectivity index (χ0n) is 20.0. The summed E-state index contributed by atoms with van der Waals surface area (Å²) >= 11 is 0. The molecule has 37 heavy (non-hydrogen) atoms. The molecule has 7 nitrogen and oxygen atoms in total. The van der Waals surface area contributed by atoms with Gasteiger partial charge in [-0.1, -0.05) is 38.1 Å². The molecule has 0 spiro atoms. The van der Waals surface area contributed by atoms with Crippen LogP contribution in [0.2, 0.25) is 0 Å². The van der Waals surface area contributed by atoms with Gasteiger partial charge in [0, 0.05) is 12.3 Å². The van der Waals surface area contributed by atoms with Gasteiger partial charge in [-0.2, -0.15) is 0 Å². The van der Waals surface area contributed by atoms with Crippen LogP contribution in [0.3, 0.4) is 0 Å². The molecule has 4 rings (SSSR count).